The standard InChI is InChI=1S/C14H15N5O2S3/c1-8-4-6-9(7-5-8)24(20,21)19-12-10-11(17-18-12)15-14(23-3)16-13(10)22-2/h4-7H,1-3H3,(H2,15,16,17,18,19). The fourth-order valence-corrected chi connectivity index (χ4v) is 4.11. The van der Waals surface area contributed by atoms with E-state index in [2.05, 4.69) is 24.9 Å². The summed E-state index contributed by atoms with van der Waals surface area (Å²) in [7, 11) is -3.73. The highest BCUT2D eigenvalue weighted by atomic mass is 32.2. The molecule has 0 unspecified atom stereocenters. The topological polar surface area (TPSA) is 101 Å². The minimum absolute atomic E-state index is 0.177. The summed E-state index contributed by atoms with van der Waals surface area (Å²) in [5, 5.41) is 8.67. The van der Waals surface area contributed by atoms with Crippen molar-refractivity contribution in [2.24, 2.45) is 0 Å². The summed E-state index contributed by atoms with van der Waals surface area (Å²) in [4.78, 5) is 8.91. The maximum absolute atomic E-state index is 12.6. The molecule has 3 aromatic rings. The minimum Gasteiger partial charge on any atom is -0.261 e. The highest BCUT2D eigenvalue weighted by Gasteiger charge is 2.20. The van der Waals surface area contributed by atoms with Crippen LogP contribution in [-0.4, -0.2) is 41.1 Å². The monoisotopic (exact) mass is 381 g/mol. The molecule has 1 aromatic carbocycles. The Labute approximate surface area is 148 Å². The van der Waals surface area contributed by atoms with Crippen molar-refractivity contribution in [3.8, 4) is 0 Å². The van der Waals surface area contributed by atoms with E-state index in [0.717, 1.165) is 5.56 Å². The molecule has 0 aliphatic heterocycles. The molecule has 0 radical (unpaired) electrons. The summed E-state index contributed by atoms with van der Waals surface area (Å²) >= 11 is 2.82. The zero-order valence-corrected chi connectivity index (χ0v) is 15.6. The molecule has 0 atom stereocenters. The van der Waals surface area contributed by atoms with E-state index in [9.17, 15) is 8.42 Å². The second-order valence-corrected chi connectivity index (χ2v) is 8.18. The Morgan fingerprint density at radius 1 is 1.08 bits per heavy atom. The van der Waals surface area contributed by atoms with E-state index in [-0.39, 0.29) is 10.7 Å². The Kier molecular flexibility index (Phi) is 4.70. The lowest BCUT2D eigenvalue weighted by atomic mass is 10.2. The smallest absolute Gasteiger partial charge is 0.261 e. The zero-order valence-electron chi connectivity index (χ0n) is 13.2. The lowest BCUT2D eigenvalue weighted by molar-refractivity contribution is 0.601. The van der Waals surface area contributed by atoms with Gasteiger partial charge in [0.05, 0.1) is 10.3 Å². The number of fused-ring (bicyclic) bond motifs is 1. The van der Waals surface area contributed by atoms with Gasteiger partial charge in [0.25, 0.3) is 10.0 Å². The van der Waals surface area contributed by atoms with Gasteiger partial charge in [0.15, 0.2) is 16.6 Å². The molecule has 2 aromatic heterocycles. The number of aromatic nitrogens is 4. The summed E-state index contributed by atoms with van der Waals surface area (Å²) in [5.41, 5.74) is 1.49. The molecule has 0 bridgehead atoms. The average Bonchev–Trinajstić information content (AvgIpc) is 2.96. The summed E-state index contributed by atoms with van der Waals surface area (Å²) < 4.78 is 27.6. The summed E-state index contributed by atoms with van der Waals surface area (Å²) in [6.45, 7) is 1.90. The molecule has 7 nitrogen and oxygen atoms in total. The number of sulfonamides is 1. The molecule has 126 valence electrons. The first-order chi connectivity index (χ1) is 11.4. The van der Waals surface area contributed by atoms with Gasteiger partial charge in [-0.25, -0.2) is 18.4 Å². The van der Waals surface area contributed by atoms with Crippen LogP contribution >= 0.6 is 23.5 Å². The van der Waals surface area contributed by atoms with Crippen LogP contribution in [0.1, 0.15) is 5.56 Å². The van der Waals surface area contributed by atoms with Crippen LogP contribution in [0.25, 0.3) is 11.0 Å². The molecule has 3 rings (SSSR count). The predicted octanol–water partition coefficient (Wildman–Crippen LogP) is 2.91. The number of aryl methyl sites for hydroxylation is 1. The van der Waals surface area contributed by atoms with Gasteiger partial charge in [-0.3, -0.25) is 9.82 Å². The summed E-state index contributed by atoms with van der Waals surface area (Å²) in [6.07, 6.45) is 3.75. The van der Waals surface area contributed by atoms with E-state index < -0.39 is 10.0 Å². The van der Waals surface area contributed by atoms with Crippen molar-refractivity contribution in [1.82, 2.24) is 20.2 Å². The lowest BCUT2D eigenvalue weighted by Crippen LogP contribution is -2.13. The number of benzene rings is 1. The van der Waals surface area contributed by atoms with Crippen molar-refractivity contribution in [1.29, 1.82) is 0 Å². The van der Waals surface area contributed by atoms with Crippen LogP contribution in [0.3, 0.4) is 0 Å². The molecule has 24 heavy (non-hydrogen) atoms. The number of aromatic amines is 1. The van der Waals surface area contributed by atoms with Crippen molar-refractivity contribution in [2.45, 2.75) is 22.0 Å². The van der Waals surface area contributed by atoms with Crippen LogP contribution in [0.2, 0.25) is 0 Å². The number of H-pyrrole nitrogens is 1. The largest absolute Gasteiger partial charge is 0.263 e. The third-order valence-corrected chi connectivity index (χ3v) is 5.89. The Balaban J connectivity index is 2.05. The quantitative estimate of drug-likeness (QED) is 0.398. The Bertz CT molecular complexity index is 984. The zero-order chi connectivity index (χ0) is 17.3. The first kappa shape index (κ1) is 17.1. The van der Waals surface area contributed by atoms with Crippen LogP contribution in [0.5, 0.6) is 0 Å². The number of nitrogens with zero attached hydrogens (tertiary/aromatic N) is 3. The van der Waals surface area contributed by atoms with E-state index in [4.69, 9.17) is 0 Å². The van der Waals surface area contributed by atoms with Gasteiger partial charge in [-0.15, -0.1) is 11.8 Å². The number of nitrogens with one attached hydrogen (secondary N) is 2. The van der Waals surface area contributed by atoms with Gasteiger partial charge in [0.1, 0.15) is 5.03 Å². The first-order valence-corrected chi connectivity index (χ1v) is 10.8. The van der Waals surface area contributed by atoms with Crippen molar-refractivity contribution in [3.63, 3.8) is 0 Å². The molecule has 0 amide bonds. The van der Waals surface area contributed by atoms with Crippen molar-refractivity contribution < 1.29 is 8.42 Å². The molecule has 2 heterocycles. The van der Waals surface area contributed by atoms with E-state index >= 15 is 0 Å². The average molecular weight is 382 g/mol. The van der Waals surface area contributed by atoms with Gasteiger partial charge in [-0.05, 0) is 31.6 Å². The van der Waals surface area contributed by atoms with Gasteiger partial charge < -0.3 is 0 Å². The van der Waals surface area contributed by atoms with Crippen LogP contribution in [0, 0.1) is 6.92 Å². The van der Waals surface area contributed by atoms with Gasteiger partial charge in [-0.1, -0.05) is 29.5 Å². The highest BCUT2D eigenvalue weighted by molar-refractivity contribution is 7.99. The van der Waals surface area contributed by atoms with Crippen molar-refractivity contribution in [3.05, 3.63) is 29.8 Å². The Morgan fingerprint density at radius 3 is 2.42 bits per heavy atom. The number of thioether (sulfide) groups is 2. The Hall–Kier alpha value is -1.78. The van der Waals surface area contributed by atoms with Crippen LogP contribution in [0.4, 0.5) is 5.82 Å². The van der Waals surface area contributed by atoms with E-state index in [1.165, 1.54) is 23.5 Å². The van der Waals surface area contributed by atoms with Gasteiger partial charge in [0.2, 0.25) is 0 Å². The molecule has 2 N–H and O–H groups in total. The summed E-state index contributed by atoms with van der Waals surface area (Å²) in [6, 6.07) is 6.62. The molecule has 10 heteroatoms. The third-order valence-electron chi connectivity index (χ3n) is 3.30. The molecular weight excluding hydrogens is 366 g/mol. The Morgan fingerprint density at radius 2 is 1.79 bits per heavy atom. The van der Waals surface area contributed by atoms with Crippen LogP contribution in [-0.2, 0) is 10.0 Å². The number of hydrogen-bond acceptors (Lipinski definition) is 7. The molecule has 0 aliphatic rings. The normalized spacial score (nSPS) is 11.8. The number of anilines is 1. The first-order valence-electron chi connectivity index (χ1n) is 6.88. The molecule has 0 aliphatic carbocycles. The number of hydrogen-bond donors (Lipinski definition) is 2. The lowest BCUT2D eigenvalue weighted by Gasteiger charge is -2.07. The van der Waals surface area contributed by atoms with E-state index in [1.807, 2.05) is 19.4 Å². The highest BCUT2D eigenvalue weighted by Crippen LogP contribution is 2.31. The van der Waals surface area contributed by atoms with Crippen molar-refractivity contribution in [2.75, 3.05) is 17.2 Å². The minimum atomic E-state index is -3.73. The molecule has 0 fully saturated rings. The van der Waals surface area contributed by atoms with Gasteiger partial charge in [-0.2, -0.15) is 5.10 Å². The van der Waals surface area contributed by atoms with Crippen LogP contribution < -0.4 is 4.72 Å². The second kappa shape index (κ2) is 6.61. The van der Waals surface area contributed by atoms with Crippen LogP contribution in [0.15, 0.2) is 39.3 Å². The maximum atomic E-state index is 12.6. The number of rotatable bonds is 5. The van der Waals surface area contributed by atoms with E-state index in [0.29, 0.717) is 21.2 Å². The maximum Gasteiger partial charge on any atom is 0.263 e. The fourth-order valence-electron chi connectivity index (χ4n) is 2.10. The molecule has 0 saturated heterocycles. The third kappa shape index (κ3) is 3.21. The summed E-state index contributed by atoms with van der Waals surface area (Å²) in [5.74, 6) is 0.197. The second-order valence-electron chi connectivity index (χ2n) is 4.93. The molecule has 0 spiro atoms. The van der Waals surface area contributed by atoms with E-state index in [1.54, 1.807) is 24.3 Å². The van der Waals surface area contributed by atoms with Gasteiger partial charge >= 0.3 is 0 Å². The molecule has 0 saturated carbocycles. The van der Waals surface area contributed by atoms with Gasteiger partial charge in [0, 0.05) is 0 Å². The van der Waals surface area contributed by atoms with Crippen molar-refractivity contribution >= 4 is 50.4 Å². The fraction of sp³-hybridized carbons (Fsp3) is 0.214. The molecular formula is C14H15N5O2S3. The predicted molar refractivity (Wildman–Crippen MR) is 97.2 cm³/mol. The SMILES string of the molecule is CSc1nc(SC)c2c(NS(=O)(=O)c3ccc(C)cc3)n[nH]c2n1.